The zero-order valence-corrected chi connectivity index (χ0v) is 12.3. The van der Waals surface area contributed by atoms with E-state index in [0.29, 0.717) is 30.0 Å². The minimum Gasteiger partial charge on any atom is -0.310 e. The Morgan fingerprint density at radius 2 is 1.71 bits per heavy atom. The largest absolute Gasteiger partial charge is 0.419 e. The highest BCUT2D eigenvalue weighted by atomic mass is 19.4. The van der Waals surface area contributed by atoms with Gasteiger partial charge >= 0.3 is 6.18 Å². The molecule has 5 heteroatoms. The summed E-state index contributed by atoms with van der Waals surface area (Å²) in [4.78, 5) is 0. The van der Waals surface area contributed by atoms with Crippen molar-refractivity contribution in [1.82, 2.24) is 5.32 Å². The molecule has 1 N–H and O–H groups in total. The van der Waals surface area contributed by atoms with E-state index in [4.69, 9.17) is 0 Å². The summed E-state index contributed by atoms with van der Waals surface area (Å²) in [6.07, 6.45) is -1.36. The minimum absolute atomic E-state index is 0.322. The smallest absolute Gasteiger partial charge is 0.310 e. The van der Waals surface area contributed by atoms with Gasteiger partial charge in [-0.25, -0.2) is 4.39 Å². The number of hydrogen-bond acceptors (Lipinski definition) is 1. The van der Waals surface area contributed by atoms with E-state index in [1.807, 2.05) is 0 Å². The Kier molecular flexibility index (Phi) is 4.91. The standard InChI is InChI=1S/C16H21F4N/c1-10-5-11(2)7-13(6-10)21-9-12-3-4-15(17)14(8-12)16(18,19)20/h3-4,8,10-11,13,21H,5-7,9H2,1-2H3. The van der Waals surface area contributed by atoms with E-state index in [1.165, 1.54) is 12.5 Å². The third-order valence-corrected chi connectivity index (χ3v) is 4.11. The predicted molar refractivity (Wildman–Crippen MR) is 74.2 cm³/mol. The number of nitrogens with one attached hydrogen (secondary N) is 1. The second-order valence-corrected chi connectivity index (χ2v) is 6.31. The van der Waals surface area contributed by atoms with Gasteiger partial charge in [0.2, 0.25) is 0 Å². The summed E-state index contributed by atoms with van der Waals surface area (Å²) in [5, 5.41) is 3.31. The van der Waals surface area contributed by atoms with Gasteiger partial charge in [-0.05, 0) is 48.8 Å². The highest BCUT2D eigenvalue weighted by Crippen LogP contribution is 2.32. The molecule has 0 amide bonds. The highest BCUT2D eigenvalue weighted by Gasteiger charge is 2.34. The molecule has 0 aliphatic heterocycles. The predicted octanol–water partition coefficient (Wildman–Crippen LogP) is 4.76. The van der Waals surface area contributed by atoms with Gasteiger partial charge in [0, 0.05) is 12.6 Å². The van der Waals surface area contributed by atoms with Crippen LogP contribution in [-0.4, -0.2) is 6.04 Å². The van der Waals surface area contributed by atoms with Gasteiger partial charge in [-0.1, -0.05) is 19.9 Å². The molecule has 21 heavy (non-hydrogen) atoms. The topological polar surface area (TPSA) is 12.0 Å². The van der Waals surface area contributed by atoms with Crippen LogP contribution in [0, 0.1) is 17.7 Å². The molecule has 2 atom stereocenters. The van der Waals surface area contributed by atoms with E-state index < -0.39 is 17.6 Å². The first-order valence-corrected chi connectivity index (χ1v) is 7.34. The van der Waals surface area contributed by atoms with Crippen LogP contribution in [0.15, 0.2) is 18.2 Å². The normalized spacial score (nSPS) is 26.9. The third-order valence-electron chi connectivity index (χ3n) is 4.11. The Bertz CT molecular complexity index is 474. The molecule has 118 valence electrons. The molecule has 0 saturated heterocycles. The van der Waals surface area contributed by atoms with E-state index in [2.05, 4.69) is 19.2 Å². The number of alkyl halides is 3. The van der Waals surface area contributed by atoms with Crippen LogP contribution in [0.4, 0.5) is 17.6 Å². The molecule has 0 radical (unpaired) electrons. The van der Waals surface area contributed by atoms with Gasteiger partial charge in [0.15, 0.2) is 0 Å². The van der Waals surface area contributed by atoms with Crippen molar-refractivity contribution in [1.29, 1.82) is 0 Å². The van der Waals surface area contributed by atoms with Crippen molar-refractivity contribution in [3.05, 3.63) is 35.1 Å². The van der Waals surface area contributed by atoms with E-state index in [9.17, 15) is 17.6 Å². The molecular formula is C16H21F4N. The molecule has 1 aromatic rings. The molecule has 0 aromatic heterocycles. The van der Waals surface area contributed by atoms with Crippen molar-refractivity contribution in [2.75, 3.05) is 0 Å². The van der Waals surface area contributed by atoms with Gasteiger partial charge in [-0.3, -0.25) is 0 Å². The van der Waals surface area contributed by atoms with Crippen LogP contribution in [0.3, 0.4) is 0 Å². The number of hydrogen-bond donors (Lipinski definition) is 1. The average Bonchev–Trinajstić information content (AvgIpc) is 2.35. The first-order chi connectivity index (χ1) is 9.75. The molecule has 1 aliphatic rings. The Hall–Kier alpha value is -1.10. The van der Waals surface area contributed by atoms with Gasteiger partial charge in [-0.15, -0.1) is 0 Å². The van der Waals surface area contributed by atoms with Gasteiger partial charge in [0.05, 0.1) is 5.56 Å². The van der Waals surface area contributed by atoms with Gasteiger partial charge in [0.1, 0.15) is 5.82 Å². The Morgan fingerprint density at radius 1 is 1.10 bits per heavy atom. The molecule has 1 aliphatic carbocycles. The van der Waals surface area contributed by atoms with Crippen molar-refractivity contribution in [2.45, 2.75) is 51.9 Å². The van der Waals surface area contributed by atoms with E-state index in [-0.39, 0.29) is 0 Å². The number of rotatable bonds is 3. The fraction of sp³-hybridized carbons (Fsp3) is 0.625. The lowest BCUT2D eigenvalue weighted by Gasteiger charge is -2.32. The van der Waals surface area contributed by atoms with Crippen molar-refractivity contribution in [3.8, 4) is 0 Å². The third kappa shape index (κ3) is 4.43. The first-order valence-electron chi connectivity index (χ1n) is 7.34. The zero-order valence-electron chi connectivity index (χ0n) is 12.3. The lowest BCUT2D eigenvalue weighted by atomic mass is 9.80. The maximum absolute atomic E-state index is 13.2. The van der Waals surface area contributed by atoms with Crippen molar-refractivity contribution in [3.63, 3.8) is 0 Å². The van der Waals surface area contributed by atoms with Crippen LogP contribution in [-0.2, 0) is 12.7 Å². The zero-order chi connectivity index (χ0) is 15.6. The summed E-state index contributed by atoms with van der Waals surface area (Å²) in [6.45, 7) is 4.74. The number of halogens is 4. The molecule has 1 saturated carbocycles. The Balaban J connectivity index is 2.00. The van der Waals surface area contributed by atoms with Crippen LogP contribution in [0.2, 0.25) is 0 Å². The Morgan fingerprint density at radius 3 is 2.29 bits per heavy atom. The van der Waals surface area contributed by atoms with Crippen LogP contribution < -0.4 is 5.32 Å². The quantitative estimate of drug-likeness (QED) is 0.794. The molecule has 0 bridgehead atoms. The average molecular weight is 303 g/mol. The maximum Gasteiger partial charge on any atom is 0.419 e. The summed E-state index contributed by atoms with van der Waals surface area (Å²) in [6, 6.07) is 3.53. The van der Waals surface area contributed by atoms with Crippen LogP contribution in [0.5, 0.6) is 0 Å². The molecule has 2 unspecified atom stereocenters. The molecule has 1 fully saturated rings. The summed E-state index contributed by atoms with van der Waals surface area (Å²) < 4.78 is 51.2. The second-order valence-electron chi connectivity index (χ2n) is 6.31. The van der Waals surface area contributed by atoms with Crippen molar-refractivity contribution >= 4 is 0 Å². The Labute approximate surface area is 122 Å². The molecule has 1 nitrogen and oxygen atoms in total. The molecular weight excluding hydrogens is 282 g/mol. The van der Waals surface area contributed by atoms with E-state index in [1.54, 1.807) is 0 Å². The fourth-order valence-corrected chi connectivity index (χ4v) is 3.28. The van der Waals surface area contributed by atoms with Crippen LogP contribution >= 0.6 is 0 Å². The van der Waals surface area contributed by atoms with Gasteiger partial charge in [0.25, 0.3) is 0 Å². The van der Waals surface area contributed by atoms with Gasteiger partial charge < -0.3 is 5.32 Å². The van der Waals surface area contributed by atoms with Crippen LogP contribution in [0.1, 0.15) is 44.2 Å². The molecule has 0 spiro atoms. The van der Waals surface area contributed by atoms with Gasteiger partial charge in [-0.2, -0.15) is 13.2 Å². The van der Waals surface area contributed by atoms with Crippen LogP contribution in [0.25, 0.3) is 0 Å². The summed E-state index contributed by atoms with van der Waals surface area (Å²) in [5.41, 5.74) is -0.721. The summed E-state index contributed by atoms with van der Waals surface area (Å²) in [5.74, 6) is 0.0431. The molecule has 1 aromatic carbocycles. The number of benzene rings is 1. The molecule has 2 rings (SSSR count). The van der Waals surface area contributed by atoms with E-state index in [0.717, 1.165) is 25.0 Å². The van der Waals surface area contributed by atoms with Crippen molar-refractivity contribution < 1.29 is 17.6 Å². The first kappa shape index (κ1) is 16.3. The molecule has 0 heterocycles. The summed E-state index contributed by atoms with van der Waals surface area (Å²) in [7, 11) is 0. The fourth-order valence-electron chi connectivity index (χ4n) is 3.28. The highest BCUT2D eigenvalue weighted by molar-refractivity contribution is 5.27. The minimum atomic E-state index is -4.64. The lowest BCUT2D eigenvalue weighted by Crippen LogP contribution is -2.35. The monoisotopic (exact) mass is 303 g/mol. The SMILES string of the molecule is CC1CC(C)CC(NCc2ccc(F)c(C(F)(F)F)c2)C1. The van der Waals surface area contributed by atoms with Crippen molar-refractivity contribution in [2.24, 2.45) is 11.8 Å². The maximum atomic E-state index is 13.2. The lowest BCUT2D eigenvalue weighted by molar-refractivity contribution is -0.140. The summed E-state index contributed by atoms with van der Waals surface area (Å²) >= 11 is 0. The second kappa shape index (κ2) is 6.34. The van der Waals surface area contributed by atoms with E-state index >= 15 is 0 Å².